The molecule has 0 aliphatic carbocycles. The zero-order valence-electron chi connectivity index (χ0n) is 12.3. The quantitative estimate of drug-likeness (QED) is 0.605. The molecule has 3 nitrogen and oxygen atoms in total. The molecule has 0 aliphatic rings. The lowest BCUT2D eigenvalue weighted by molar-refractivity contribution is -0.134. The molecule has 0 saturated carbocycles. The van der Waals surface area contributed by atoms with E-state index >= 15 is 0 Å². The molecule has 2 aromatic rings. The van der Waals surface area contributed by atoms with Crippen molar-refractivity contribution in [3.63, 3.8) is 0 Å². The van der Waals surface area contributed by atoms with Gasteiger partial charge in [-0.15, -0.1) is 0 Å². The number of methoxy groups -OCH3 is 1. The monoisotopic (exact) mass is 282 g/mol. The van der Waals surface area contributed by atoms with Crippen molar-refractivity contribution in [3.8, 4) is 22.6 Å². The van der Waals surface area contributed by atoms with Crippen molar-refractivity contribution in [3.05, 3.63) is 54.6 Å². The van der Waals surface area contributed by atoms with Crippen molar-refractivity contribution in [1.82, 2.24) is 0 Å². The van der Waals surface area contributed by atoms with Gasteiger partial charge in [0, 0.05) is 17.5 Å². The third-order valence-corrected chi connectivity index (χ3v) is 3.16. The molecule has 0 unspecified atom stereocenters. The van der Waals surface area contributed by atoms with Gasteiger partial charge in [0.2, 0.25) is 0 Å². The van der Waals surface area contributed by atoms with Gasteiger partial charge in [-0.05, 0) is 17.7 Å². The summed E-state index contributed by atoms with van der Waals surface area (Å²) in [5.74, 6) is 1.09. The van der Waals surface area contributed by atoms with Gasteiger partial charge in [-0.1, -0.05) is 49.9 Å². The van der Waals surface area contributed by atoms with E-state index in [1.807, 2.05) is 30.3 Å². The van der Waals surface area contributed by atoms with Crippen LogP contribution < -0.4 is 9.47 Å². The van der Waals surface area contributed by atoms with Gasteiger partial charge >= 0.3 is 5.97 Å². The molecule has 21 heavy (non-hydrogen) atoms. The summed E-state index contributed by atoms with van der Waals surface area (Å²) in [4.78, 5) is 11.3. The number of hydrogen-bond acceptors (Lipinski definition) is 3. The SMILES string of the molecule is C=Cc1cccc(-c2ccc(OC(=O)CC)cc2)c1OC. The number of carbonyl (C=O) groups excluding carboxylic acids is 1. The molecular formula is C18H18O3. The van der Waals surface area contributed by atoms with Crippen molar-refractivity contribution in [2.75, 3.05) is 7.11 Å². The molecular weight excluding hydrogens is 264 g/mol. The number of hydrogen-bond donors (Lipinski definition) is 0. The summed E-state index contributed by atoms with van der Waals surface area (Å²) >= 11 is 0. The van der Waals surface area contributed by atoms with Gasteiger partial charge < -0.3 is 9.47 Å². The molecule has 0 heterocycles. The molecule has 2 aromatic carbocycles. The summed E-state index contributed by atoms with van der Waals surface area (Å²) in [6, 6.07) is 13.3. The Kier molecular flexibility index (Phi) is 4.77. The van der Waals surface area contributed by atoms with Gasteiger partial charge in [0.05, 0.1) is 7.11 Å². The van der Waals surface area contributed by atoms with Crippen LogP contribution in [0.1, 0.15) is 18.9 Å². The normalized spacial score (nSPS) is 10.0. The van der Waals surface area contributed by atoms with Gasteiger partial charge in [-0.25, -0.2) is 0 Å². The Morgan fingerprint density at radius 3 is 2.48 bits per heavy atom. The second-order valence-corrected chi connectivity index (χ2v) is 4.48. The number of carbonyl (C=O) groups is 1. The Balaban J connectivity index is 2.35. The maximum atomic E-state index is 11.3. The molecule has 0 aliphatic heterocycles. The van der Waals surface area contributed by atoms with Crippen molar-refractivity contribution in [2.45, 2.75) is 13.3 Å². The summed E-state index contributed by atoms with van der Waals surface area (Å²) in [7, 11) is 1.64. The summed E-state index contributed by atoms with van der Waals surface area (Å²) < 4.78 is 10.6. The molecule has 0 amide bonds. The second kappa shape index (κ2) is 6.75. The Bertz CT molecular complexity index is 642. The molecule has 0 radical (unpaired) electrons. The zero-order valence-corrected chi connectivity index (χ0v) is 12.3. The zero-order chi connectivity index (χ0) is 15.2. The molecule has 0 atom stereocenters. The number of esters is 1. The molecule has 0 bridgehead atoms. The first-order chi connectivity index (χ1) is 10.2. The predicted molar refractivity (Wildman–Crippen MR) is 84.4 cm³/mol. The van der Waals surface area contributed by atoms with E-state index in [0.717, 1.165) is 22.4 Å². The van der Waals surface area contributed by atoms with Gasteiger partial charge in [-0.3, -0.25) is 4.79 Å². The summed E-state index contributed by atoms with van der Waals surface area (Å²) in [5.41, 5.74) is 2.91. The average molecular weight is 282 g/mol. The summed E-state index contributed by atoms with van der Waals surface area (Å²) in [6.07, 6.45) is 2.12. The topological polar surface area (TPSA) is 35.5 Å². The average Bonchev–Trinajstić information content (AvgIpc) is 2.54. The standard InChI is InChI=1S/C18H18O3/c1-4-13-7-6-8-16(18(13)20-3)14-9-11-15(12-10-14)21-17(19)5-2/h4,6-12H,1,5H2,2-3H3. The highest BCUT2D eigenvalue weighted by Gasteiger charge is 2.09. The van der Waals surface area contributed by atoms with Crippen LogP contribution >= 0.6 is 0 Å². The van der Waals surface area contributed by atoms with Gasteiger partial charge in [0.25, 0.3) is 0 Å². The van der Waals surface area contributed by atoms with Crippen LogP contribution in [0.25, 0.3) is 17.2 Å². The maximum absolute atomic E-state index is 11.3. The third-order valence-electron chi connectivity index (χ3n) is 3.16. The Morgan fingerprint density at radius 2 is 1.90 bits per heavy atom. The maximum Gasteiger partial charge on any atom is 0.310 e. The fourth-order valence-electron chi connectivity index (χ4n) is 2.08. The van der Waals surface area contributed by atoms with E-state index in [9.17, 15) is 4.79 Å². The van der Waals surface area contributed by atoms with Crippen molar-refractivity contribution in [1.29, 1.82) is 0 Å². The van der Waals surface area contributed by atoms with Crippen molar-refractivity contribution < 1.29 is 14.3 Å². The molecule has 3 heteroatoms. The molecule has 0 fully saturated rings. The number of ether oxygens (including phenoxy) is 2. The molecule has 2 rings (SSSR count). The van der Waals surface area contributed by atoms with Crippen LogP contribution in [0.3, 0.4) is 0 Å². The van der Waals surface area contributed by atoms with E-state index < -0.39 is 0 Å². The Morgan fingerprint density at radius 1 is 1.19 bits per heavy atom. The van der Waals surface area contributed by atoms with Crippen LogP contribution in [0.5, 0.6) is 11.5 Å². The van der Waals surface area contributed by atoms with Crippen molar-refractivity contribution >= 4 is 12.0 Å². The van der Waals surface area contributed by atoms with Crippen LogP contribution in [-0.2, 0) is 4.79 Å². The van der Waals surface area contributed by atoms with Crippen LogP contribution in [0.15, 0.2) is 49.0 Å². The minimum absolute atomic E-state index is 0.242. The summed E-state index contributed by atoms with van der Waals surface area (Å²) in [5, 5.41) is 0. The molecule has 0 saturated heterocycles. The first-order valence-electron chi connectivity index (χ1n) is 6.80. The van der Waals surface area contributed by atoms with Gasteiger partial charge in [-0.2, -0.15) is 0 Å². The van der Waals surface area contributed by atoms with Crippen LogP contribution in [0, 0.1) is 0 Å². The van der Waals surface area contributed by atoms with E-state index in [-0.39, 0.29) is 5.97 Å². The van der Waals surface area contributed by atoms with Gasteiger partial charge in [0.1, 0.15) is 11.5 Å². The summed E-state index contributed by atoms with van der Waals surface area (Å²) in [6.45, 7) is 5.56. The second-order valence-electron chi connectivity index (χ2n) is 4.48. The highest BCUT2D eigenvalue weighted by atomic mass is 16.5. The lowest BCUT2D eigenvalue weighted by Crippen LogP contribution is -2.05. The first kappa shape index (κ1) is 14.9. The van der Waals surface area contributed by atoms with Crippen molar-refractivity contribution in [2.24, 2.45) is 0 Å². The largest absolute Gasteiger partial charge is 0.495 e. The number of benzene rings is 2. The molecule has 108 valence electrons. The molecule has 0 aromatic heterocycles. The van der Waals surface area contributed by atoms with E-state index in [1.54, 1.807) is 32.2 Å². The Hall–Kier alpha value is -2.55. The Labute approximate surface area is 124 Å². The van der Waals surface area contributed by atoms with Crippen LogP contribution in [0.4, 0.5) is 0 Å². The predicted octanol–water partition coefficient (Wildman–Crippen LogP) is 4.32. The van der Waals surface area contributed by atoms with E-state index in [0.29, 0.717) is 12.2 Å². The lowest BCUT2D eigenvalue weighted by Gasteiger charge is -2.12. The highest BCUT2D eigenvalue weighted by molar-refractivity contribution is 5.77. The smallest absolute Gasteiger partial charge is 0.310 e. The van der Waals surface area contributed by atoms with E-state index in [2.05, 4.69) is 6.58 Å². The van der Waals surface area contributed by atoms with Gasteiger partial charge in [0.15, 0.2) is 0 Å². The lowest BCUT2D eigenvalue weighted by atomic mass is 10.0. The number of rotatable bonds is 5. The molecule has 0 spiro atoms. The number of para-hydroxylation sites is 1. The van der Waals surface area contributed by atoms with Crippen LogP contribution in [0.2, 0.25) is 0 Å². The third kappa shape index (κ3) is 3.31. The first-order valence-corrected chi connectivity index (χ1v) is 6.80. The highest BCUT2D eigenvalue weighted by Crippen LogP contribution is 2.34. The van der Waals surface area contributed by atoms with E-state index in [4.69, 9.17) is 9.47 Å². The van der Waals surface area contributed by atoms with E-state index in [1.165, 1.54) is 0 Å². The minimum Gasteiger partial charge on any atom is -0.495 e. The minimum atomic E-state index is -0.242. The molecule has 0 N–H and O–H groups in total. The van der Waals surface area contributed by atoms with Crippen LogP contribution in [-0.4, -0.2) is 13.1 Å². The fraction of sp³-hybridized carbons (Fsp3) is 0.167. The fourth-order valence-corrected chi connectivity index (χ4v) is 2.08.